The number of aromatic nitrogens is 1. The van der Waals surface area contributed by atoms with Crippen molar-refractivity contribution >= 4 is 35.0 Å². The molecule has 2 heterocycles. The Bertz CT molecular complexity index is 841. The van der Waals surface area contributed by atoms with Gasteiger partial charge in [-0.3, -0.25) is 9.59 Å². The average Bonchev–Trinajstić information content (AvgIpc) is 3.18. The lowest BCUT2D eigenvalue weighted by Crippen LogP contribution is -2.24. The van der Waals surface area contributed by atoms with Crippen LogP contribution in [0, 0.1) is 6.92 Å². The smallest absolute Gasteiger partial charge is 0.346 e. The van der Waals surface area contributed by atoms with Gasteiger partial charge in [-0.15, -0.1) is 0 Å². The van der Waals surface area contributed by atoms with Crippen LogP contribution in [-0.4, -0.2) is 36.1 Å². The van der Waals surface area contributed by atoms with Crippen molar-refractivity contribution in [3.63, 3.8) is 0 Å². The maximum absolute atomic E-state index is 12.0. The first-order valence-corrected chi connectivity index (χ1v) is 8.05. The molecule has 2 amide bonds. The molecule has 136 valence electrons. The zero-order valence-electron chi connectivity index (χ0n) is 14.2. The number of rotatable bonds is 5. The number of nitrogens with one attached hydrogen (secondary N) is 1. The Morgan fingerprint density at radius 1 is 1.42 bits per heavy atom. The molecule has 9 heteroatoms. The van der Waals surface area contributed by atoms with Crippen molar-refractivity contribution in [2.45, 2.75) is 19.8 Å². The first kappa shape index (κ1) is 17.5. The van der Waals surface area contributed by atoms with Crippen LogP contribution in [0.5, 0.6) is 0 Å². The highest BCUT2D eigenvalue weighted by atomic mass is 16.5. The molecule has 0 spiro atoms. The summed E-state index contributed by atoms with van der Waals surface area (Å²) in [6.07, 6.45) is 1.34. The van der Waals surface area contributed by atoms with Gasteiger partial charge in [-0.05, 0) is 31.5 Å². The minimum absolute atomic E-state index is 0.00680. The third-order valence-corrected chi connectivity index (χ3v) is 3.94. The SMILES string of the molecule is Cc1noc(N)c1C(=O)OCC(=O)Nc1cccc(N2CCCC2=O)c1. The van der Waals surface area contributed by atoms with E-state index in [-0.39, 0.29) is 23.0 Å². The molecule has 9 nitrogen and oxygen atoms in total. The maximum Gasteiger partial charge on any atom is 0.346 e. The van der Waals surface area contributed by atoms with E-state index < -0.39 is 18.5 Å². The van der Waals surface area contributed by atoms with E-state index in [2.05, 4.69) is 15.0 Å². The fourth-order valence-electron chi connectivity index (χ4n) is 2.71. The number of nitrogens with zero attached hydrogens (tertiary/aromatic N) is 2. The lowest BCUT2D eigenvalue weighted by molar-refractivity contribution is -0.119. The average molecular weight is 358 g/mol. The molecule has 0 bridgehead atoms. The molecule has 1 aromatic heterocycles. The number of nitrogens with two attached hydrogens (primary N) is 1. The van der Waals surface area contributed by atoms with Gasteiger partial charge in [-0.25, -0.2) is 4.79 Å². The zero-order chi connectivity index (χ0) is 18.7. The summed E-state index contributed by atoms with van der Waals surface area (Å²) >= 11 is 0. The van der Waals surface area contributed by atoms with Crippen molar-refractivity contribution in [1.29, 1.82) is 0 Å². The summed E-state index contributed by atoms with van der Waals surface area (Å²) in [5, 5.41) is 6.18. The van der Waals surface area contributed by atoms with Crippen LogP contribution in [0.1, 0.15) is 28.9 Å². The third-order valence-electron chi connectivity index (χ3n) is 3.94. The van der Waals surface area contributed by atoms with Gasteiger partial charge >= 0.3 is 5.97 Å². The van der Waals surface area contributed by atoms with Gasteiger partial charge in [0.15, 0.2) is 6.61 Å². The van der Waals surface area contributed by atoms with E-state index in [1.807, 2.05) is 0 Å². The number of ether oxygens (including phenoxy) is 1. The number of hydrogen-bond donors (Lipinski definition) is 2. The molecular formula is C17H18N4O5. The predicted molar refractivity (Wildman–Crippen MR) is 92.6 cm³/mol. The summed E-state index contributed by atoms with van der Waals surface area (Å²) in [5.74, 6) is -1.40. The summed E-state index contributed by atoms with van der Waals surface area (Å²) < 4.78 is 9.62. The molecule has 0 radical (unpaired) electrons. The van der Waals surface area contributed by atoms with Crippen LogP contribution in [0.2, 0.25) is 0 Å². The van der Waals surface area contributed by atoms with Crippen LogP contribution >= 0.6 is 0 Å². The van der Waals surface area contributed by atoms with Crippen molar-refractivity contribution in [2.24, 2.45) is 0 Å². The van der Waals surface area contributed by atoms with Gasteiger partial charge < -0.3 is 25.2 Å². The molecule has 1 aromatic carbocycles. The molecule has 0 saturated carbocycles. The van der Waals surface area contributed by atoms with E-state index in [9.17, 15) is 14.4 Å². The molecule has 26 heavy (non-hydrogen) atoms. The quantitative estimate of drug-likeness (QED) is 0.775. The molecule has 3 rings (SSSR count). The number of carbonyl (C=O) groups is 3. The van der Waals surface area contributed by atoms with Crippen molar-refractivity contribution in [3.05, 3.63) is 35.5 Å². The summed E-state index contributed by atoms with van der Waals surface area (Å²) in [6.45, 7) is 1.71. The van der Waals surface area contributed by atoms with Gasteiger partial charge in [0.05, 0.1) is 5.69 Å². The van der Waals surface area contributed by atoms with Gasteiger partial charge in [0.2, 0.25) is 11.8 Å². The van der Waals surface area contributed by atoms with E-state index in [0.29, 0.717) is 18.7 Å². The van der Waals surface area contributed by atoms with Gasteiger partial charge in [0.1, 0.15) is 5.56 Å². The Balaban J connectivity index is 1.58. The second-order valence-electron chi connectivity index (χ2n) is 5.83. The number of nitrogen functional groups attached to an aromatic ring is 1. The van der Waals surface area contributed by atoms with Crippen LogP contribution in [-0.2, 0) is 14.3 Å². The number of hydrogen-bond acceptors (Lipinski definition) is 7. The molecule has 0 unspecified atom stereocenters. The van der Waals surface area contributed by atoms with Crippen LogP contribution in [0.15, 0.2) is 28.8 Å². The summed E-state index contributed by atoms with van der Waals surface area (Å²) in [7, 11) is 0. The largest absolute Gasteiger partial charge is 0.452 e. The molecule has 3 N–H and O–H groups in total. The van der Waals surface area contributed by atoms with E-state index >= 15 is 0 Å². The van der Waals surface area contributed by atoms with Crippen molar-refractivity contribution in [2.75, 3.05) is 29.1 Å². The zero-order valence-corrected chi connectivity index (χ0v) is 14.2. The number of aryl methyl sites for hydroxylation is 1. The minimum Gasteiger partial charge on any atom is -0.452 e. The number of benzene rings is 1. The monoisotopic (exact) mass is 358 g/mol. The Labute approximate surface area is 149 Å². The highest BCUT2D eigenvalue weighted by molar-refractivity contribution is 5.99. The standard InChI is InChI=1S/C17H18N4O5/c1-10-15(16(18)26-20-10)17(24)25-9-13(22)19-11-4-2-5-12(8-11)21-7-3-6-14(21)23/h2,4-5,8H,3,6-7,9,18H2,1H3,(H,19,22). The molecule has 1 fully saturated rings. The summed E-state index contributed by atoms with van der Waals surface area (Å²) in [4.78, 5) is 37.4. The van der Waals surface area contributed by atoms with E-state index in [1.165, 1.54) is 0 Å². The Morgan fingerprint density at radius 3 is 2.88 bits per heavy atom. The summed E-state index contributed by atoms with van der Waals surface area (Å²) in [5.41, 5.74) is 7.01. The van der Waals surface area contributed by atoms with Crippen LogP contribution in [0.4, 0.5) is 17.3 Å². The second-order valence-corrected chi connectivity index (χ2v) is 5.83. The topological polar surface area (TPSA) is 128 Å². The number of carbonyl (C=O) groups excluding carboxylic acids is 3. The minimum atomic E-state index is -0.784. The van der Waals surface area contributed by atoms with Crippen molar-refractivity contribution < 1.29 is 23.6 Å². The van der Waals surface area contributed by atoms with Crippen molar-refractivity contribution in [1.82, 2.24) is 5.16 Å². The van der Waals surface area contributed by atoms with Gasteiger partial charge in [-0.2, -0.15) is 0 Å². The molecular weight excluding hydrogens is 340 g/mol. The van der Waals surface area contributed by atoms with Gasteiger partial charge in [0.25, 0.3) is 5.91 Å². The molecule has 2 aromatic rings. The predicted octanol–water partition coefficient (Wildman–Crippen LogP) is 1.49. The first-order chi connectivity index (χ1) is 12.5. The van der Waals surface area contributed by atoms with Crippen LogP contribution in [0.3, 0.4) is 0 Å². The Hall–Kier alpha value is -3.36. The number of esters is 1. The highest BCUT2D eigenvalue weighted by Crippen LogP contribution is 2.24. The van der Waals surface area contributed by atoms with E-state index in [0.717, 1.165) is 12.1 Å². The van der Waals surface area contributed by atoms with E-state index in [1.54, 1.807) is 36.1 Å². The second kappa shape index (κ2) is 7.26. The normalized spacial score (nSPS) is 13.7. The maximum atomic E-state index is 12.0. The Kier molecular flexibility index (Phi) is 4.87. The molecule has 1 aliphatic heterocycles. The number of amides is 2. The summed E-state index contributed by atoms with van der Waals surface area (Å²) in [6, 6.07) is 6.93. The Morgan fingerprint density at radius 2 is 2.23 bits per heavy atom. The lowest BCUT2D eigenvalue weighted by atomic mass is 10.2. The number of anilines is 3. The van der Waals surface area contributed by atoms with Crippen LogP contribution < -0.4 is 16.0 Å². The highest BCUT2D eigenvalue weighted by Gasteiger charge is 2.22. The molecule has 0 atom stereocenters. The third kappa shape index (κ3) is 3.66. The molecule has 1 saturated heterocycles. The van der Waals surface area contributed by atoms with E-state index in [4.69, 9.17) is 10.5 Å². The molecule has 1 aliphatic rings. The van der Waals surface area contributed by atoms with Crippen LogP contribution in [0.25, 0.3) is 0 Å². The fourth-order valence-corrected chi connectivity index (χ4v) is 2.71. The lowest BCUT2D eigenvalue weighted by Gasteiger charge is -2.16. The van der Waals surface area contributed by atoms with Gasteiger partial charge in [-0.1, -0.05) is 11.2 Å². The molecule has 0 aliphatic carbocycles. The van der Waals surface area contributed by atoms with Crippen molar-refractivity contribution in [3.8, 4) is 0 Å². The van der Waals surface area contributed by atoms with Gasteiger partial charge in [0, 0.05) is 24.3 Å². The fraction of sp³-hybridized carbons (Fsp3) is 0.294. The first-order valence-electron chi connectivity index (χ1n) is 8.05.